The van der Waals surface area contributed by atoms with Gasteiger partial charge in [0.05, 0.1) is 10.6 Å². The van der Waals surface area contributed by atoms with Crippen LogP contribution in [0.25, 0.3) is 16.9 Å². The van der Waals surface area contributed by atoms with E-state index in [9.17, 15) is 14.9 Å². The number of aryl methyl sites for hydroxylation is 1. The Bertz CT molecular complexity index is 915. The lowest BCUT2D eigenvalue weighted by Gasteiger charge is -2.02. The van der Waals surface area contributed by atoms with E-state index in [1.165, 1.54) is 18.2 Å². The van der Waals surface area contributed by atoms with Gasteiger partial charge in [-0.05, 0) is 24.6 Å². The van der Waals surface area contributed by atoms with Gasteiger partial charge in [-0.25, -0.2) is 14.3 Å². The molecule has 3 aromatic rings. The van der Waals surface area contributed by atoms with Crippen LogP contribution in [0.1, 0.15) is 23.1 Å². The fourth-order valence-corrected chi connectivity index (χ4v) is 2.29. The van der Waals surface area contributed by atoms with Gasteiger partial charge in [0.2, 0.25) is 0 Å². The molecule has 0 saturated heterocycles. The van der Waals surface area contributed by atoms with Crippen LogP contribution in [-0.2, 0) is 6.42 Å². The molecule has 0 aliphatic heterocycles. The molecule has 8 nitrogen and oxygen atoms in total. The number of nitrogens with zero attached hydrogens (tertiary/aromatic N) is 4. The molecular weight excluding hydrogens is 300 g/mol. The molecule has 0 saturated carbocycles. The Morgan fingerprint density at radius 1 is 1.30 bits per heavy atom. The average molecular weight is 312 g/mol. The smallest absolute Gasteiger partial charge is 0.354 e. The zero-order valence-electron chi connectivity index (χ0n) is 12.1. The Labute approximate surface area is 130 Å². The number of hydrogen-bond donors (Lipinski definition) is 1. The molecule has 0 fully saturated rings. The second-order valence-electron chi connectivity index (χ2n) is 4.89. The summed E-state index contributed by atoms with van der Waals surface area (Å²) in [6.45, 7) is 1.90. The van der Waals surface area contributed by atoms with Crippen LogP contribution in [0, 0.1) is 10.1 Å². The van der Waals surface area contributed by atoms with E-state index in [4.69, 9.17) is 5.11 Å². The molecular formula is C15H12N4O4. The third-order valence-electron chi connectivity index (χ3n) is 3.46. The van der Waals surface area contributed by atoms with Gasteiger partial charge in [-0.3, -0.25) is 10.1 Å². The summed E-state index contributed by atoms with van der Waals surface area (Å²) < 4.78 is 1.59. The summed E-state index contributed by atoms with van der Waals surface area (Å²) in [5.74, 6) is -1.10. The van der Waals surface area contributed by atoms with E-state index in [1.807, 2.05) is 6.92 Å². The molecule has 0 bridgehead atoms. The molecule has 2 heterocycles. The minimum atomic E-state index is -1.10. The molecule has 0 spiro atoms. The Balaban J connectivity index is 2.12. The third kappa shape index (κ3) is 2.61. The lowest BCUT2D eigenvalue weighted by atomic mass is 10.1. The number of carboxylic acid groups (broad SMARTS) is 1. The van der Waals surface area contributed by atoms with Crippen LogP contribution in [0.2, 0.25) is 0 Å². The van der Waals surface area contributed by atoms with E-state index in [1.54, 1.807) is 22.7 Å². The second kappa shape index (κ2) is 5.48. The molecule has 1 aromatic carbocycles. The Hall–Kier alpha value is -3.29. The highest BCUT2D eigenvalue weighted by Gasteiger charge is 2.14. The molecule has 3 rings (SSSR count). The molecule has 0 radical (unpaired) electrons. The SMILES string of the molecule is CCc1cc(C(=O)O)nc2cc(-c3ccc([N+](=O)[O-])cc3)nn12. The van der Waals surface area contributed by atoms with Crippen molar-refractivity contribution in [3.63, 3.8) is 0 Å². The molecule has 0 aliphatic rings. The predicted molar refractivity (Wildman–Crippen MR) is 81.4 cm³/mol. The summed E-state index contributed by atoms with van der Waals surface area (Å²) in [6.07, 6.45) is 0.598. The zero-order valence-corrected chi connectivity index (χ0v) is 12.1. The maximum atomic E-state index is 11.1. The van der Waals surface area contributed by atoms with Crippen molar-refractivity contribution in [2.24, 2.45) is 0 Å². The van der Waals surface area contributed by atoms with Crippen molar-refractivity contribution in [3.05, 3.63) is 57.9 Å². The quantitative estimate of drug-likeness (QED) is 0.585. The van der Waals surface area contributed by atoms with Crippen LogP contribution in [0.4, 0.5) is 5.69 Å². The van der Waals surface area contributed by atoms with Gasteiger partial charge in [0.15, 0.2) is 11.3 Å². The first-order valence-electron chi connectivity index (χ1n) is 6.87. The highest BCUT2D eigenvalue weighted by Crippen LogP contribution is 2.23. The number of nitro benzene ring substituents is 1. The minimum Gasteiger partial charge on any atom is -0.477 e. The van der Waals surface area contributed by atoms with E-state index < -0.39 is 10.9 Å². The lowest BCUT2D eigenvalue weighted by Crippen LogP contribution is -2.06. The van der Waals surface area contributed by atoms with Gasteiger partial charge in [-0.15, -0.1) is 0 Å². The Kier molecular flexibility index (Phi) is 3.49. The van der Waals surface area contributed by atoms with Crippen molar-refractivity contribution in [1.82, 2.24) is 14.6 Å². The number of aromatic nitrogens is 3. The maximum Gasteiger partial charge on any atom is 0.354 e. The first-order valence-corrected chi connectivity index (χ1v) is 6.87. The van der Waals surface area contributed by atoms with Crippen molar-refractivity contribution in [3.8, 4) is 11.3 Å². The summed E-state index contributed by atoms with van der Waals surface area (Å²) in [6, 6.07) is 9.15. The van der Waals surface area contributed by atoms with E-state index in [0.29, 0.717) is 23.3 Å². The van der Waals surface area contributed by atoms with E-state index >= 15 is 0 Å². The number of non-ortho nitro benzene ring substituents is 1. The van der Waals surface area contributed by atoms with Crippen molar-refractivity contribution >= 4 is 17.3 Å². The summed E-state index contributed by atoms with van der Waals surface area (Å²) in [5.41, 5.74) is 2.38. The largest absolute Gasteiger partial charge is 0.477 e. The molecule has 0 unspecified atom stereocenters. The predicted octanol–water partition coefficient (Wildman–Crippen LogP) is 2.57. The van der Waals surface area contributed by atoms with Gasteiger partial charge in [0.25, 0.3) is 5.69 Å². The number of hydrogen-bond acceptors (Lipinski definition) is 5. The summed E-state index contributed by atoms with van der Waals surface area (Å²) in [5, 5.41) is 24.2. The first-order chi connectivity index (χ1) is 11.0. The summed E-state index contributed by atoms with van der Waals surface area (Å²) in [4.78, 5) is 25.4. The Morgan fingerprint density at radius 2 is 2.00 bits per heavy atom. The number of carbonyl (C=O) groups is 1. The van der Waals surface area contributed by atoms with Crippen molar-refractivity contribution in [2.75, 3.05) is 0 Å². The third-order valence-corrected chi connectivity index (χ3v) is 3.46. The molecule has 0 amide bonds. The topological polar surface area (TPSA) is 111 Å². The first kappa shape index (κ1) is 14.6. The van der Waals surface area contributed by atoms with Crippen LogP contribution in [-0.4, -0.2) is 30.6 Å². The fraction of sp³-hybridized carbons (Fsp3) is 0.133. The molecule has 2 aromatic heterocycles. The number of fused-ring (bicyclic) bond motifs is 1. The van der Waals surface area contributed by atoms with Gasteiger partial charge in [0, 0.05) is 29.5 Å². The highest BCUT2D eigenvalue weighted by atomic mass is 16.6. The summed E-state index contributed by atoms with van der Waals surface area (Å²) >= 11 is 0. The van der Waals surface area contributed by atoms with Crippen LogP contribution in [0.3, 0.4) is 0 Å². The number of rotatable bonds is 4. The van der Waals surface area contributed by atoms with Crippen molar-refractivity contribution in [2.45, 2.75) is 13.3 Å². The van der Waals surface area contributed by atoms with E-state index in [2.05, 4.69) is 10.1 Å². The van der Waals surface area contributed by atoms with Gasteiger partial charge in [0.1, 0.15) is 0 Å². The monoisotopic (exact) mass is 312 g/mol. The molecule has 0 atom stereocenters. The standard InChI is InChI=1S/C15H12N4O4/c1-2-10-7-13(15(20)21)16-14-8-12(17-18(10)14)9-3-5-11(6-4-9)19(22)23/h3-8H,2H2,1H3,(H,20,21). The van der Waals surface area contributed by atoms with E-state index in [-0.39, 0.29) is 11.4 Å². The number of nitro groups is 1. The van der Waals surface area contributed by atoms with Crippen LogP contribution in [0.5, 0.6) is 0 Å². The molecule has 0 aliphatic carbocycles. The van der Waals surface area contributed by atoms with Crippen molar-refractivity contribution < 1.29 is 14.8 Å². The maximum absolute atomic E-state index is 11.1. The van der Waals surface area contributed by atoms with Crippen molar-refractivity contribution in [1.29, 1.82) is 0 Å². The van der Waals surface area contributed by atoms with Crippen LogP contribution < -0.4 is 0 Å². The second-order valence-corrected chi connectivity index (χ2v) is 4.89. The number of carboxylic acids is 1. The van der Waals surface area contributed by atoms with Gasteiger partial charge in [-0.1, -0.05) is 6.92 Å². The number of aromatic carboxylic acids is 1. The minimum absolute atomic E-state index is 0.00181. The molecule has 23 heavy (non-hydrogen) atoms. The van der Waals surface area contributed by atoms with Gasteiger partial charge in [-0.2, -0.15) is 5.10 Å². The average Bonchev–Trinajstić information content (AvgIpc) is 2.97. The molecule has 116 valence electrons. The highest BCUT2D eigenvalue weighted by molar-refractivity contribution is 5.86. The van der Waals surface area contributed by atoms with Gasteiger partial charge >= 0.3 is 5.97 Å². The normalized spacial score (nSPS) is 10.8. The fourth-order valence-electron chi connectivity index (χ4n) is 2.29. The van der Waals surface area contributed by atoms with Crippen LogP contribution in [0.15, 0.2) is 36.4 Å². The zero-order chi connectivity index (χ0) is 16.6. The summed E-state index contributed by atoms with van der Waals surface area (Å²) in [7, 11) is 0. The Morgan fingerprint density at radius 3 is 2.57 bits per heavy atom. The molecule has 1 N–H and O–H groups in total. The molecule has 8 heteroatoms. The van der Waals surface area contributed by atoms with E-state index in [0.717, 1.165) is 5.69 Å². The van der Waals surface area contributed by atoms with Gasteiger partial charge < -0.3 is 5.11 Å². The van der Waals surface area contributed by atoms with Crippen LogP contribution >= 0.6 is 0 Å². The lowest BCUT2D eigenvalue weighted by molar-refractivity contribution is -0.384. The number of benzene rings is 1.